The summed E-state index contributed by atoms with van der Waals surface area (Å²) in [6.07, 6.45) is 0. The highest BCUT2D eigenvalue weighted by Crippen LogP contribution is 2.38. The summed E-state index contributed by atoms with van der Waals surface area (Å²) in [5, 5.41) is 2.87. The van der Waals surface area contributed by atoms with Crippen LogP contribution in [0.4, 0.5) is 11.4 Å². The first-order valence-electron chi connectivity index (χ1n) is 7.91. The van der Waals surface area contributed by atoms with Crippen LogP contribution >= 0.6 is 0 Å². The minimum atomic E-state index is -0.217. The molecular formula is C19H20N2O3. The molecule has 0 spiro atoms. The predicted octanol–water partition coefficient (Wildman–Crippen LogP) is 3.42. The van der Waals surface area contributed by atoms with Crippen molar-refractivity contribution in [2.24, 2.45) is 0 Å². The van der Waals surface area contributed by atoms with E-state index in [2.05, 4.69) is 19.2 Å². The van der Waals surface area contributed by atoms with E-state index >= 15 is 0 Å². The molecule has 0 aromatic heterocycles. The molecule has 24 heavy (non-hydrogen) atoms. The van der Waals surface area contributed by atoms with Gasteiger partial charge in [-0.25, -0.2) is 0 Å². The summed E-state index contributed by atoms with van der Waals surface area (Å²) < 4.78 is 5.43. The number of para-hydroxylation sites is 1. The van der Waals surface area contributed by atoms with Gasteiger partial charge in [0.1, 0.15) is 11.4 Å². The third-order valence-electron chi connectivity index (χ3n) is 4.15. The smallest absolute Gasteiger partial charge is 0.264 e. The number of hydrogen-bond donors (Lipinski definition) is 1. The van der Waals surface area contributed by atoms with Crippen LogP contribution in [0.25, 0.3) is 0 Å². The van der Waals surface area contributed by atoms with Crippen LogP contribution in [0, 0.1) is 0 Å². The quantitative estimate of drug-likeness (QED) is 0.941. The molecule has 0 bridgehead atoms. The summed E-state index contributed by atoms with van der Waals surface area (Å²) in [4.78, 5) is 25.9. The predicted molar refractivity (Wildman–Crippen MR) is 93.8 cm³/mol. The van der Waals surface area contributed by atoms with Crippen LogP contribution in [0.5, 0.6) is 5.75 Å². The molecule has 3 rings (SSSR count). The molecule has 1 N–H and O–H groups in total. The molecule has 2 aromatic rings. The second-order valence-corrected chi connectivity index (χ2v) is 6.12. The van der Waals surface area contributed by atoms with Crippen molar-refractivity contribution in [3.05, 3.63) is 53.6 Å². The first-order valence-corrected chi connectivity index (χ1v) is 7.91. The van der Waals surface area contributed by atoms with E-state index in [9.17, 15) is 9.59 Å². The lowest BCUT2D eigenvalue weighted by Crippen LogP contribution is -2.36. The molecule has 5 nitrogen and oxygen atoms in total. The number of likely N-dealkylation sites (N-methyl/N-ethyl adjacent to an activating group) is 1. The van der Waals surface area contributed by atoms with E-state index in [0.717, 1.165) is 0 Å². The Kier molecular flexibility index (Phi) is 4.25. The maximum atomic E-state index is 12.5. The maximum absolute atomic E-state index is 12.5. The zero-order valence-electron chi connectivity index (χ0n) is 14.0. The minimum absolute atomic E-state index is 0.0115. The average Bonchev–Trinajstić information content (AvgIpc) is 2.58. The number of anilines is 2. The standard InChI is InChI=1S/C19H20N2O3/c1-12(2)13-7-9-14(10-8-13)19(23)20-15-5-4-6-16-18(15)21(3)17(22)11-24-16/h4-10,12H,11H2,1-3H3,(H,20,23). The molecule has 1 aliphatic rings. The Balaban J connectivity index is 1.86. The second-order valence-electron chi connectivity index (χ2n) is 6.12. The van der Waals surface area contributed by atoms with Crippen LogP contribution in [0.3, 0.4) is 0 Å². The van der Waals surface area contributed by atoms with Crippen LogP contribution in [0.15, 0.2) is 42.5 Å². The van der Waals surface area contributed by atoms with Crippen molar-refractivity contribution in [1.29, 1.82) is 0 Å². The van der Waals surface area contributed by atoms with Gasteiger partial charge in [0.25, 0.3) is 11.8 Å². The van der Waals surface area contributed by atoms with Gasteiger partial charge >= 0.3 is 0 Å². The van der Waals surface area contributed by atoms with Gasteiger partial charge in [-0.1, -0.05) is 32.0 Å². The van der Waals surface area contributed by atoms with Crippen LogP contribution in [0.2, 0.25) is 0 Å². The zero-order valence-corrected chi connectivity index (χ0v) is 14.0. The van der Waals surface area contributed by atoms with E-state index in [1.807, 2.05) is 24.3 Å². The Hall–Kier alpha value is -2.82. The molecule has 1 aliphatic heterocycles. The van der Waals surface area contributed by atoms with E-state index < -0.39 is 0 Å². The third-order valence-corrected chi connectivity index (χ3v) is 4.15. The van der Waals surface area contributed by atoms with Crippen LogP contribution < -0.4 is 15.0 Å². The molecule has 0 saturated carbocycles. The number of rotatable bonds is 3. The minimum Gasteiger partial charge on any atom is -0.481 e. The molecule has 0 unspecified atom stereocenters. The lowest BCUT2D eigenvalue weighted by atomic mass is 10.0. The van der Waals surface area contributed by atoms with Gasteiger partial charge in [0.2, 0.25) is 0 Å². The van der Waals surface area contributed by atoms with Gasteiger partial charge in [-0.15, -0.1) is 0 Å². The lowest BCUT2D eigenvalue weighted by molar-refractivity contribution is -0.120. The molecule has 0 fully saturated rings. The second kappa shape index (κ2) is 6.35. The fraction of sp³-hybridized carbons (Fsp3) is 0.263. The number of fused-ring (bicyclic) bond motifs is 1. The summed E-state index contributed by atoms with van der Waals surface area (Å²) in [6, 6.07) is 12.9. The number of nitrogens with zero attached hydrogens (tertiary/aromatic N) is 1. The molecule has 1 heterocycles. The van der Waals surface area contributed by atoms with E-state index in [1.54, 1.807) is 25.2 Å². The van der Waals surface area contributed by atoms with Crippen molar-refractivity contribution in [1.82, 2.24) is 0 Å². The first-order chi connectivity index (χ1) is 11.5. The maximum Gasteiger partial charge on any atom is 0.264 e. The zero-order chi connectivity index (χ0) is 17.3. The molecule has 0 aliphatic carbocycles. The van der Waals surface area contributed by atoms with E-state index in [0.29, 0.717) is 28.6 Å². The van der Waals surface area contributed by atoms with Crippen molar-refractivity contribution in [2.45, 2.75) is 19.8 Å². The van der Waals surface area contributed by atoms with Gasteiger partial charge in [-0.05, 0) is 35.7 Å². The summed E-state index contributed by atoms with van der Waals surface area (Å²) in [5.74, 6) is 0.640. The normalized spacial score (nSPS) is 13.5. The van der Waals surface area contributed by atoms with Crippen LogP contribution in [0.1, 0.15) is 35.7 Å². The molecule has 0 radical (unpaired) electrons. The number of amides is 2. The van der Waals surface area contributed by atoms with Crippen molar-refractivity contribution in [2.75, 3.05) is 23.9 Å². The molecule has 2 amide bonds. The molecule has 2 aromatic carbocycles. The lowest BCUT2D eigenvalue weighted by Gasteiger charge is -2.28. The fourth-order valence-electron chi connectivity index (χ4n) is 2.66. The largest absolute Gasteiger partial charge is 0.481 e. The van der Waals surface area contributed by atoms with Gasteiger partial charge < -0.3 is 15.0 Å². The number of benzene rings is 2. The number of carbonyl (C=O) groups excluding carboxylic acids is 2. The first kappa shape index (κ1) is 16.1. The SMILES string of the molecule is CC(C)c1ccc(C(=O)Nc2cccc3c2N(C)C(=O)CO3)cc1. The summed E-state index contributed by atoms with van der Waals surface area (Å²) >= 11 is 0. The molecule has 124 valence electrons. The van der Waals surface area contributed by atoms with Crippen LogP contribution in [-0.4, -0.2) is 25.5 Å². The Morgan fingerprint density at radius 1 is 1.17 bits per heavy atom. The number of hydrogen-bond acceptors (Lipinski definition) is 3. The summed E-state index contributed by atoms with van der Waals surface area (Å²) in [7, 11) is 1.68. The fourth-order valence-corrected chi connectivity index (χ4v) is 2.66. The Morgan fingerprint density at radius 3 is 2.54 bits per heavy atom. The summed E-state index contributed by atoms with van der Waals surface area (Å²) in [5.41, 5.74) is 2.90. The number of nitrogens with one attached hydrogen (secondary N) is 1. The van der Waals surface area contributed by atoms with E-state index in [1.165, 1.54) is 10.5 Å². The van der Waals surface area contributed by atoms with Crippen molar-refractivity contribution in [3.63, 3.8) is 0 Å². The molecule has 5 heteroatoms. The molecular weight excluding hydrogens is 304 g/mol. The van der Waals surface area contributed by atoms with Gasteiger partial charge in [0.15, 0.2) is 6.61 Å². The molecule has 0 atom stereocenters. The highest BCUT2D eigenvalue weighted by molar-refractivity contribution is 6.09. The van der Waals surface area contributed by atoms with Gasteiger partial charge in [-0.3, -0.25) is 9.59 Å². The number of ether oxygens (including phenoxy) is 1. The summed E-state index contributed by atoms with van der Waals surface area (Å²) in [6.45, 7) is 4.23. The van der Waals surface area contributed by atoms with Gasteiger partial charge in [0, 0.05) is 12.6 Å². The van der Waals surface area contributed by atoms with Crippen molar-refractivity contribution < 1.29 is 14.3 Å². The Labute approximate surface area is 141 Å². The van der Waals surface area contributed by atoms with Gasteiger partial charge in [-0.2, -0.15) is 0 Å². The highest BCUT2D eigenvalue weighted by atomic mass is 16.5. The van der Waals surface area contributed by atoms with Gasteiger partial charge in [0.05, 0.1) is 5.69 Å². The Bertz CT molecular complexity index is 782. The third kappa shape index (κ3) is 2.97. The van der Waals surface area contributed by atoms with Crippen molar-refractivity contribution >= 4 is 23.2 Å². The average molecular weight is 324 g/mol. The topological polar surface area (TPSA) is 58.6 Å². The highest BCUT2D eigenvalue weighted by Gasteiger charge is 2.25. The Morgan fingerprint density at radius 2 is 1.88 bits per heavy atom. The van der Waals surface area contributed by atoms with Crippen molar-refractivity contribution in [3.8, 4) is 5.75 Å². The number of carbonyl (C=O) groups is 2. The molecule has 0 saturated heterocycles. The van der Waals surface area contributed by atoms with Crippen LogP contribution in [-0.2, 0) is 4.79 Å². The van der Waals surface area contributed by atoms with E-state index in [4.69, 9.17) is 4.74 Å². The monoisotopic (exact) mass is 324 g/mol. The van der Waals surface area contributed by atoms with E-state index in [-0.39, 0.29) is 18.4 Å².